The topological polar surface area (TPSA) is 90.7 Å². The number of benzene rings is 3. The van der Waals surface area contributed by atoms with Crippen LogP contribution in [-0.4, -0.2) is 17.4 Å². The Morgan fingerprint density at radius 3 is 2.43 bits per heavy atom. The molecule has 0 spiro atoms. The maximum atomic E-state index is 13.2. The van der Waals surface area contributed by atoms with E-state index in [1.165, 1.54) is 12.1 Å². The second kappa shape index (κ2) is 9.56. The number of amides is 1. The summed E-state index contributed by atoms with van der Waals surface area (Å²) in [6.45, 7) is 4.05. The Labute approximate surface area is 174 Å². The number of nitro benzene ring substituents is 1. The lowest BCUT2D eigenvalue weighted by Gasteiger charge is -2.20. The third kappa shape index (κ3) is 4.94. The highest BCUT2D eigenvalue weighted by molar-refractivity contribution is 5.96. The average molecular weight is 406 g/mol. The maximum Gasteiger partial charge on any atom is 0.311 e. The van der Waals surface area contributed by atoms with Crippen molar-refractivity contribution in [3.8, 4) is 11.5 Å². The van der Waals surface area contributed by atoms with Crippen molar-refractivity contribution in [1.29, 1.82) is 0 Å². The summed E-state index contributed by atoms with van der Waals surface area (Å²) in [6.07, 6.45) is -1.10. The van der Waals surface area contributed by atoms with Gasteiger partial charge in [0.25, 0.3) is 5.91 Å². The molecule has 0 heterocycles. The zero-order valence-corrected chi connectivity index (χ0v) is 16.7. The Morgan fingerprint density at radius 1 is 1.03 bits per heavy atom. The lowest BCUT2D eigenvalue weighted by atomic mass is 10.1. The molecule has 1 N–H and O–H groups in total. The lowest BCUT2D eigenvalue weighted by Crippen LogP contribution is -2.26. The normalized spacial score (nSPS) is 11.4. The molecule has 0 saturated heterocycles. The average Bonchev–Trinajstić information content (AvgIpc) is 2.74. The molecular formula is C23H22N2O5. The molecule has 0 aliphatic heterocycles. The Bertz CT molecular complexity index is 1040. The highest BCUT2D eigenvalue weighted by Crippen LogP contribution is 2.33. The minimum absolute atomic E-state index is 0.0210. The number of nitrogens with zero attached hydrogens (tertiary/aromatic N) is 1. The fourth-order valence-electron chi connectivity index (χ4n) is 2.95. The van der Waals surface area contributed by atoms with Crippen molar-refractivity contribution in [2.75, 3.05) is 11.9 Å². The van der Waals surface area contributed by atoms with Crippen molar-refractivity contribution < 1.29 is 19.2 Å². The van der Waals surface area contributed by atoms with E-state index in [-0.39, 0.29) is 11.4 Å². The van der Waals surface area contributed by atoms with E-state index in [9.17, 15) is 14.9 Å². The second-order valence-electron chi connectivity index (χ2n) is 6.56. The van der Waals surface area contributed by atoms with E-state index >= 15 is 0 Å². The molecule has 0 aromatic heterocycles. The van der Waals surface area contributed by atoms with Crippen LogP contribution in [0.25, 0.3) is 0 Å². The van der Waals surface area contributed by atoms with Gasteiger partial charge in [-0.25, -0.2) is 0 Å². The molecule has 0 radical (unpaired) electrons. The molecule has 7 heteroatoms. The summed E-state index contributed by atoms with van der Waals surface area (Å²) in [6, 6.07) is 20.5. The van der Waals surface area contributed by atoms with Crippen LogP contribution < -0.4 is 14.8 Å². The van der Waals surface area contributed by atoms with Crippen LogP contribution in [0.5, 0.6) is 11.5 Å². The van der Waals surface area contributed by atoms with Crippen LogP contribution in [0.2, 0.25) is 0 Å². The van der Waals surface area contributed by atoms with Crippen LogP contribution in [0.15, 0.2) is 72.8 Å². The van der Waals surface area contributed by atoms with E-state index < -0.39 is 16.9 Å². The van der Waals surface area contributed by atoms with Gasteiger partial charge in [0.1, 0.15) is 5.75 Å². The molecule has 0 fully saturated rings. The highest BCUT2D eigenvalue weighted by Gasteiger charge is 2.27. The van der Waals surface area contributed by atoms with Crippen LogP contribution in [0, 0.1) is 17.0 Å². The van der Waals surface area contributed by atoms with E-state index in [0.717, 1.165) is 5.56 Å². The van der Waals surface area contributed by atoms with Gasteiger partial charge in [0.2, 0.25) is 6.10 Å². The van der Waals surface area contributed by atoms with E-state index in [4.69, 9.17) is 9.47 Å². The minimum atomic E-state index is -1.10. The Kier molecular flexibility index (Phi) is 6.64. The molecule has 0 aliphatic rings. The lowest BCUT2D eigenvalue weighted by molar-refractivity contribution is -0.386. The number of carbonyl (C=O) groups is 1. The quantitative estimate of drug-likeness (QED) is 0.417. The standard InChI is InChI=1S/C23H22N2O5/c1-3-29-20-12-8-7-11-18(20)24-23(26)22(17-9-5-4-6-10-17)30-21-14-13-16(2)15-19(21)25(27)28/h4-15,22H,3H2,1-2H3,(H,24,26)/t22-/m1/s1. The summed E-state index contributed by atoms with van der Waals surface area (Å²) in [7, 11) is 0. The summed E-state index contributed by atoms with van der Waals surface area (Å²) >= 11 is 0. The molecule has 30 heavy (non-hydrogen) atoms. The van der Waals surface area contributed by atoms with Crippen LogP contribution in [0.4, 0.5) is 11.4 Å². The number of anilines is 1. The molecule has 1 atom stereocenters. The molecule has 0 saturated carbocycles. The van der Waals surface area contributed by atoms with E-state index in [2.05, 4.69) is 5.32 Å². The van der Waals surface area contributed by atoms with Crippen LogP contribution in [-0.2, 0) is 4.79 Å². The van der Waals surface area contributed by atoms with Gasteiger partial charge in [-0.1, -0.05) is 48.5 Å². The third-order valence-corrected chi connectivity index (χ3v) is 4.34. The van der Waals surface area contributed by atoms with E-state index in [0.29, 0.717) is 23.6 Å². The highest BCUT2D eigenvalue weighted by atomic mass is 16.6. The first-order valence-electron chi connectivity index (χ1n) is 9.49. The molecule has 154 valence electrons. The second-order valence-corrected chi connectivity index (χ2v) is 6.56. The number of hydrogen-bond donors (Lipinski definition) is 1. The Morgan fingerprint density at radius 2 is 1.73 bits per heavy atom. The van der Waals surface area contributed by atoms with Gasteiger partial charge >= 0.3 is 5.69 Å². The number of nitrogens with one attached hydrogen (secondary N) is 1. The number of carbonyl (C=O) groups excluding carboxylic acids is 1. The largest absolute Gasteiger partial charge is 0.492 e. The fraction of sp³-hybridized carbons (Fsp3) is 0.174. The maximum absolute atomic E-state index is 13.2. The molecule has 0 bridgehead atoms. The number of hydrogen-bond acceptors (Lipinski definition) is 5. The minimum Gasteiger partial charge on any atom is -0.492 e. The molecule has 0 aliphatic carbocycles. The van der Waals surface area contributed by atoms with Crippen molar-refractivity contribution in [1.82, 2.24) is 0 Å². The third-order valence-electron chi connectivity index (χ3n) is 4.34. The summed E-state index contributed by atoms with van der Waals surface area (Å²) in [5.74, 6) is 0.0809. The van der Waals surface area contributed by atoms with Gasteiger partial charge in [-0.15, -0.1) is 0 Å². The molecule has 3 rings (SSSR count). The molecule has 7 nitrogen and oxygen atoms in total. The SMILES string of the molecule is CCOc1ccccc1NC(=O)[C@H](Oc1ccc(C)cc1[N+](=O)[O-])c1ccccc1. The monoisotopic (exact) mass is 406 g/mol. The van der Waals surface area contributed by atoms with Crippen LogP contribution >= 0.6 is 0 Å². The van der Waals surface area contributed by atoms with Gasteiger partial charge in [0.15, 0.2) is 5.75 Å². The number of ether oxygens (including phenoxy) is 2. The molecule has 1 amide bonds. The zero-order valence-electron chi connectivity index (χ0n) is 16.7. The summed E-state index contributed by atoms with van der Waals surface area (Å²) in [5.41, 5.74) is 1.59. The van der Waals surface area contributed by atoms with Crippen molar-refractivity contribution in [2.45, 2.75) is 20.0 Å². The predicted molar refractivity (Wildman–Crippen MR) is 114 cm³/mol. The first kappa shape index (κ1) is 20.9. The number of para-hydroxylation sites is 2. The first-order chi connectivity index (χ1) is 14.5. The summed E-state index contributed by atoms with van der Waals surface area (Å²) in [4.78, 5) is 24.1. The van der Waals surface area contributed by atoms with E-state index in [1.807, 2.05) is 19.1 Å². The smallest absolute Gasteiger partial charge is 0.311 e. The van der Waals surface area contributed by atoms with Crippen molar-refractivity contribution in [3.63, 3.8) is 0 Å². The molecule has 0 unspecified atom stereocenters. The van der Waals surface area contributed by atoms with Crippen LogP contribution in [0.3, 0.4) is 0 Å². The Balaban J connectivity index is 1.95. The zero-order chi connectivity index (χ0) is 21.5. The number of nitro groups is 1. The van der Waals surface area contributed by atoms with Gasteiger partial charge in [-0.3, -0.25) is 14.9 Å². The first-order valence-corrected chi connectivity index (χ1v) is 9.49. The molecular weight excluding hydrogens is 384 g/mol. The molecule has 3 aromatic carbocycles. The summed E-state index contributed by atoms with van der Waals surface area (Å²) < 4.78 is 11.4. The van der Waals surface area contributed by atoms with E-state index in [1.54, 1.807) is 55.5 Å². The molecule has 3 aromatic rings. The Hall–Kier alpha value is -3.87. The summed E-state index contributed by atoms with van der Waals surface area (Å²) in [5, 5.41) is 14.3. The van der Waals surface area contributed by atoms with Crippen molar-refractivity contribution in [3.05, 3.63) is 94.0 Å². The number of rotatable bonds is 8. The van der Waals surface area contributed by atoms with Crippen molar-refractivity contribution in [2.24, 2.45) is 0 Å². The van der Waals surface area contributed by atoms with Gasteiger partial charge in [-0.05, 0) is 37.6 Å². The van der Waals surface area contributed by atoms with Gasteiger partial charge in [0.05, 0.1) is 17.2 Å². The number of aryl methyl sites for hydroxylation is 1. The van der Waals surface area contributed by atoms with Crippen molar-refractivity contribution >= 4 is 17.3 Å². The van der Waals surface area contributed by atoms with Gasteiger partial charge in [0, 0.05) is 11.6 Å². The van der Waals surface area contributed by atoms with Crippen LogP contribution in [0.1, 0.15) is 24.2 Å². The fourth-order valence-corrected chi connectivity index (χ4v) is 2.95. The van der Waals surface area contributed by atoms with Gasteiger partial charge in [-0.2, -0.15) is 0 Å². The van der Waals surface area contributed by atoms with Gasteiger partial charge < -0.3 is 14.8 Å². The predicted octanol–water partition coefficient (Wildman–Crippen LogP) is 5.06.